The summed E-state index contributed by atoms with van der Waals surface area (Å²) in [5, 5.41) is 2.12. The molecule has 0 atom stereocenters. The van der Waals surface area contributed by atoms with Crippen LogP contribution in [0.1, 0.15) is 22.3 Å². The molecule has 0 saturated carbocycles. The summed E-state index contributed by atoms with van der Waals surface area (Å²) in [5.74, 6) is 0. The second kappa shape index (κ2) is 13.4. The molecule has 0 radical (unpaired) electrons. The van der Waals surface area contributed by atoms with E-state index in [-0.39, 0.29) is 0 Å². The van der Waals surface area contributed by atoms with Gasteiger partial charge in [-0.15, -0.1) is 0 Å². The summed E-state index contributed by atoms with van der Waals surface area (Å²) in [6.45, 7) is 0. The first kappa shape index (κ1) is 33.8. The maximum Gasteiger partial charge on any atom is 0.137 e. The zero-order chi connectivity index (χ0) is 38.9. The van der Waals surface area contributed by atoms with Crippen LogP contribution in [0.2, 0.25) is 0 Å². The van der Waals surface area contributed by atoms with Crippen molar-refractivity contribution in [2.75, 3.05) is 9.80 Å². The van der Waals surface area contributed by atoms with Crippen molar-refractivity contribution in [3.05, 3.63) is 241 Å². The van der Waals surface area contributed by atoms with Gasteiger partial charge in [-0.2, -0.15) is 0 Å². The number of fused-ring (bicyclic) bond motifs is 12. The summed E-state index contributed by atoms with van der Waals surface area (Å²) in [5.41, 5.74) is 15.4. The van der Waals surface area contributed by atoms with Gasteiger partial charge in [0.1, 0.15) is 11.2 Å². The Bertz CT molecular complexity index is 3130. The van der Waals surface area contributed by atoms with Crippen LogP contribution >= 0.6 is 11.8 Å². The van der Waals surface area contributed by atoms with Crippen LogP contribution in [-0.2, 0) is 5.41 Å². The van der Waals surface area contributed by atoms with Gasteiger partial charge >= 0.3 is 0 Å². The van der Waals surface area contributed by atoms with Gasteiger partial charge in [-0.1, -0.05) is 151 Å². The Labute approximate surface area is 347 Å². The number of anilines is 6. The van der Waals surface area contributed by atoms with Crippen LogP contribution in [-0.4, -0.2) is 0 Å². The van der Waals surface area contributed by atoms with Gasteiger partial charge in [0.05, 0.1) is 33.2 Å². The largest absolute Gasteiger partial charge is 0.456 e. The lowest BCUT2D eigenvalue weighted by Gasteiger charge is -2.39. The van der Waals surface area contributed by atoms with E-state index in [9.17, 15) is 0 Å². The van der Waals surface area contributed by atoms with Crippen molar-refractivity contribution in [3.63, 3.8) is 0 Å². The van der Waals surface area contributed by atoms with Crippen LogP contribution in [0.15, 0.2) is 233 Å². The van der Waals surface area contributed by atoms with Crippen LogP contribution in [0.4, 0.5) is 34.1 Å². The average Bonchev–Trinajstić information content (AvgIpc) is 3.83. The number of hydrogen-bond donors (Lipinski definition) is 0. The number of nitrogens with zero attached hydrogens (tertiary/aromatic N) is 2. The van der Waals surface area contributed by atoms with Crippen molar-refractivity contribution in [2.45, 2.75) is 15.2 Å². The van der Waals surface area contributed by atoms with Crippen molar-refractivity contribution < 1.29 is 4.42 Å². The Morgan fingerprint density at radius 1 is 0.339 bits per heavy atom. The Balaban J connectivity index is 1.18. The van der Waals surface area contributed by atoms with E-state index < -0.39 is 5.41 Å². The highest BCUT2D eigenvalue weighted by molar-refractivity contribution is 7.99. The molecule has 4 heteroatoms. The molecule has 3 nitrogen and oxygen atoms in total. The quantitative estimate of drug-likeness (QED) is 0.168. The van der Waals surface area contributed by atoms with E-state index in [0.717, 1.165) is 56.1 Å². The molecule has 1 aliphatic heterocycles. The Morgan fingerprint density at radius 3 is 1.34 bits per heavy atom. The molecule has 10 aromatic rings. The lowest BCUT2D eigenvalue weighted by molar-refractivity contribution is 0.669. The minimum absolute atomic E-state index is 0.490. The zero-order valence-electron chi connectivity index (χ0n) is 32.0. The van der Waals surface area contributed by atoms with Gasteiger partial charge in [0.25, 0.3) is 0 Å². The molecule has 12 rings (SSSR count). The molecule has 278 valence electrons. The normalized spacial score (nSPS) is 13.2. The fraction of sp³-hybridized carbons (Fsp3) is 0.0182. The van der Waals surface area contributed by atoms with Crippen LogP contribution in [0.3, 0.4) is 0 Å². The number of para-hydroxylation sites is 3. The smallest absolute Gasteiger partial charge is 0.137 e. The summed E-state index contributed by atoms with van der Waals surface area (Å²) < 4.78 is 6.84. The zero-order valence-corrected chi connectivity index (χ0v) is 32.8. The second-order valence-corrected chi connectivity index (χ2v) is 16.3. The van der Waals surface area contributed by atoms with E-state index in [2.05, 4.69) is 228 Å². The van der Waals surface area contributed by atoms with Crippen molar-refractivity contribution in [1.82, 2.24) is 0 Å². The molecule has 1 spiro atoms. The lowest BCUT2D eigenvalue weighted by Crippen LogP contribution is -2.32. The average molecular weight is 773 g/mol. The molecule has 2 aliphatic rings. The van der Waals surface area contributed by atoms with Crippen molar-refractivity contribution in [2.24, 2.45) is 0 Å². The van der Waals surface area contributed by atoms with Gasteiger partial charge < -0.3 is 14.2 Å². The standard InChI is InChI=1S/C55H36N2OS/c1-4-19-37(20-5-1)56(38-21-6-2-7-22-38)46-31-17-33-48-53(46)54-47(32-18-34-49(54)58-48)57(39-23-8-3-9-24-39)45-30-16-29-44-52(45)40-25-10-11-26-41(40)55(44)42-27-12-14-35-50(42)59-51-36-15-13-28-43(51)55/h1-36H. The molecule has 2 heterocycles. The molecule has 9 aromatic carbocycles. The molecule has 0 saturated heterocycles. The molecule has 0 bridgehead atoms. The second-order valence-electron chi connectivity index (χ2n) is 15.2. The fourth-order valence-corrected chi connectivity index (χ4v) is 11.0. The number of hydrogen-bond acceptors (Lipinski definition) is 4. The van der Waals surface area contributed by atoms with Gasteiger partial charge in [0.2, 0.25) is 0 Å². The highest BCUT2D eigenvalue weighted by Gasteiger charge is 2.51. The molecule has 59 heavy (non-hydrogen) atoms. The van der Waals surface area contributed by atoms with E-state index in [1.807, 2.05) is 11.8 Å². The molecule has 0 N–H and O–H groups in total. The molecule has 1 aliphatic carbocycles. The monoisotopic (exact) mass is 772 g/mol. The third-order valence-corrected chi connectivity index (χ3v) is 13.2. The number of furan rings is 1. The fourth-order valence-electron chi connectivity index (χ4n) is 9.84. The summed E-state index contributed by atoms with van der Waals surface area (Å²) >= 11 is 1.88. The maximum atomic E-state index is 6.84. The summed E-state index contributed by atoms with van der Waals surface area (Å²) in [6.07, 6.45) is 0. The van der Waals surface area contributed by atoms with E-state index >= 15 is 0 Å². The minimum atomic E-state index is -0.490. The van der Waals surface area contributed by atoms with Crippen LogP contribution < -0.4 is 9.80 Å². The Morgan fingerprint density at radius 2 is 0.763 bits per heavy atom. The lowest BCUT2D eigenvalue weighted by atomic mass is 9.67. The molecular weight excluding hydrogens is 737 g/mol. The van der Waals surface area contributed by atoms with Crippen LogP contribution in [0.25, 0.3) is 33.1 Å². The van der Waals surface area contributed by atoms with Gasteiger partial charge in [0.15, 0.2) is 0 Å². The minimum Gasteiger partial charge on any atom is -0.456 e. The highest BCUT2D eigenvalue weighted by Crippen LogP contribution is 2.64. The van der Waals surface area contributed by atoms with Gasteiger partial charge in [-0.3, -0.25) is 0 Å². The highest BCUT2D eigenvalue weighted by atomic mass is 32.2. The molecule has 0 fully saturated rings. The SMILES string of the molecule is c1ccc(N(c2ccccc2)c2cccc3oc4cccc(N(c5ccccc5)c5cccc6c5-c5ccccc5C65c6ccccc6Sc6ccccc65)c4c23)cc1. The first-order chi connectivity index (χ1) is 29.3. The molecule has 0 amide bonds. The summed E-state index contributed by atoms with van der Waals surface area (Å²) in [7, 11) is 0. The van der Waals surface area contributed by atoms with Crippen LogP contribution in [0.5, 0.6) is 0 Å². The summed E-state index contributed by atoms with van der Waals surface area (Å²) in [6, 6.07) is 79.0. The topological polar surface area (TPSA) is 19.6 Å². The van der Waals surface area contributed by atoms with Crippen molar-refractivity contribution in [1.29, 1.82) is 0 Å². The van der Waals surface area contributed by atoms with Crippen molar-refractivity contribution in [3.8, 4) is 11.1 Å². The van der Waals surface area contributed by atoms with Gasteiger partial charge in [0, 0.05) is 32.4 Å². The Hall–Kier alpha value is -7.27. The van der Waals surface area contributed by atoms with E-state index in [1.54, 1.807) is 0 Å². The first-order valence-electron chi connectivity index (χ1n) is 20.1. The predicted octanol–water partition coefficient (Wildman–Crippen LogP) is 15.4. The van der Waals surface area contributed by atoms with Gasteiger partial charge in [-0.25, -0.2) is 0 Å². The van der Waals surface area contributed by atoms with E-state index in [4.69, 9.17) is 4.42 Å². The molecule has 0 unspecified atom stereocenters. The van der Waals surface area contributed by atoms with Gasteiger partial charge in [-0.05, 0) is 107 Å². The molecule has 1 aromatic heterocycles. The third kappa shape index (κ3) is 4.97. The van der Waals surface area contributed by atoms with Crippen molar-refractivity contribution >= 4 is 67.8 Å². The Kier molecular flexibility index (Phi) is 7.69. The predicted molar refractivity (Wildman–Crippen MR) is 245 cm³/mol. The van der Waals surface area contributed by atoms with E-state index in [1.165, 1.54) is 43.2 Å². The van der Waals surface area contributed by atoms with E-state index in [0.29, 0.717) is 0 Å². The summed E-state index contributed by atoms with van der Waals surface area (Å²) in [4.78, 5) is 7.40. The first-order valence-corrected chi connectivity index (χ1v) is 20.9. The maximum absolute atomic E-state index is 6.84. The molecular formula is C55H36N2OS. The number of benzene rings is 9. The van der Waals surface area contributed by atoms with Crippen LogP contribution in [0, 0.1) is 0 Å². The third-order valence-electron chi connectivity index (χ3n) is 12.1. The number of rotatable bonds is 6.